The van der Waals surface area contributed by atoms with E-state index in [1.807, 2.05) is 0 Å². The molecular formula is C12H18N4O4. The highest BCUT2D eigenvalue weighted by Crippen LogP contribution is 1.97. The van der Waals surface area contributed by atoms with Crippen molar-refractivity contribution in [2.45, 2.75) is 12.8 Å². The number of amides is 2. The van der Waals surface area contributed by atoms with Crippen LogP contribution in [0.1, 0.15) is 12.8 Å². The Morgan fingerprint density at radius 2 is 1.35 bits per heavy atom. The Hall–Kier alpha value is -2.12. The Kier molecular flexibility index (Phi) is 5.33. The molecule has 110 valence electrons. The van der Waals surface area contributed by atoms with Crippen molar-refractivity contribution in [3.63, 3.8) is 0 Å². The highest BCUT2D eigenvalue weighted by atomic mass is 16.5. The second-order valence-corrected chi connectivity index (χ2v) is 4.29. The van der Waals surface area contributed by atoms with Crippen molar-refractivity contribution in [1.29, 1.82) is 0 Å². The first-order valence-corrected chi connectivity index (χ1v) is 6.68. The van der Waals surface area contributed by atoms with Gasteiger partial charge in [-0.25, -0.2) is 9.98 Å². The Bertz CT molecular complexity index is 393. The summed E-state index contributed by atoms with van der Waals surface area (Å²) in [4.78, 5) is 31.2. The van der Waals surface area contributed by atoms with Crippen LogP contribution >= 0.6 is 0 Å². The lowest BCUT2D eigenvalue weighted by molar-refractivity contribution is -0.118. The van der Waals surface area contributed by atoms with Crippen molar-refractivity contribution < 1.29 is 19.1 Å². The van der Waals surface area contributed by atoms with Crippen LogP contribution in [0, 0.1) is 0 Å². The number of carbonyl (C=O) groups is 2. The summed E-state index contributed by atoms with van der Waals surface area (Å²) in [5, 5.41) is 5.24. The van der Waals surface area contributed by atoms with Crippen molar-refractivity contribution in [3.05, 3.63) is 0 Å². The number of aliphatic imine (C=N–C) groups is 2. The van der Waals surface area contributed by atoms with E-state index in [2.05, 4.69) is 20.6 Å². The number of nitrogens with one attached hydrogen (secondary N) is 2. The SMILES string of the molecule is O=C(NCCNC(=O)C1=NCCCO1)C1=NCCCO1. The van der Waals surface area contributed by atoms with Crippen molar-refractivity contribution in [3.8, 4) is 0 Å². The summed E-state index contributed by atoms with van der Waals surface area (Å²) >= 11 is 0. The summed E-state index contributed by atoms with van der Waals surface area (Å²) in [6, 6.07) is 0. The van der Waals surface area contributed by atoms with E-state index in [0.717, 1.165) is 12.8 Å². The van der Waals surface area contributed by atoms with E-state index in [1.165, 1.54) is 0 Å². The Labute approximate surface area is 116 Å². The summed E-state index contributed by atoms with van der Waals surface area (Å²) in [5.74, 6) is -0.486. The predicted molar refractivity (Wildman–Crippen MR) is 71.8 cm³/mol. The fraction of sp³-hybridized carbons (Fsp3) is 0.667. The van der Waals surface area contributed by atoms with Crippen molar-refractivity contribution in [1.82, 2.24) is 10.6 Å². The van der Waals surface area contributed by atoms with Gasteiger partial charge in [0, 0.05) is 39.0 Å². The van der Waals surface area contributed by atoms with Crippen LogP contribution in [0.2, 0.25) is 0 Å². The summed E-state index contributed by atoms with van der Waals surface area (Å²) in [5.41, 5.74) is 0. The molecule has 0 aromatic heterocycles. The average Bonchev–Trinajstić information content (AvgIpc) is 2.53. The van der Waals surface area contributed by atoms with E-state index in [-0.39, 0.29) is 23.6 Å². The predicted octanol–water partition coefficient (Wildman–Crippen LogP) is -1.14. The summed E-state index contributed by atoms with van der Waals surface area (Å²) in [6.45, 7) is 2.83. The first kappa shape index (κ1) is 14.3. The third kappa shape index (κ3) is 4.22. The lowest BCUT2D eigenvalue weighted by atomic mass is 10.4. The van der Waals surface area contributed by atoms with Crippen molar-refractivity contribution >= 4 is 23.6 Å². The molecule has 0 saturated heterocycles. The van der Waals surface area contributed by atoms with E-state index < -0.39 is 0 Å². The van der Waals surface area contributed by atoms with Gasteiger partial charge in [-0.05, 0) is 0 Å². The molecule has 20 heavy (non-hydrogen) atoms. The van der Waals surface area contributed by atoms with Gasteiger partial charge in [-0.15, -0.1) is 0 Å². The maximum absolute atomic E-state index is 11.6. The van der Waals surface area contributed by atoms with Crippen molar-refractivity contribution in [2.75, 3.05) is 39.4 Å². The number of rotatable bonds is 5. The van der Waals surface area contributed by atoms with Gasteiger partial charge in [0.2, 0.25) is 0 Å². The molecule has 8 heteroatoms. The molecule has 2 N–H and O–H groups in total. The second kappa shape index (κ2) is 7.46. The molecule has 2 heterocycles. The molecule has 0 aromatic rings. The zero-order valence-corrected chi connectivity index (χ0v) is 11.2. The zero-order valence-electron chi connectivity index (χ0n) is 11.2. The molecule has 0 atom stereocenters. The smallest absolute Gasteiger partial charge is 0.306 e. The molecule has 0 aromatic carbocycles. The number of nitrogens with zero attached hydrogens (tertiary/aromatic N) is 2. The van der Waals surface area contributed by atoms with E-state index in [1.54, 1.807) is 0 Å². The third-order valence-corrected chi connectivity index (χ3v) is 2.68. The normalized spacial score (nSPS) is 18.0. The number of ether oxygens (including phenoxy) is 2. The van der Waals surface area contributed by atoms with Gasteiger partial charge in [0.05, 0.1) is 13.2 Å². The zero-order chi connectivity index (χ0) is 14.2. The summed E-state index contributed by atoms with van der Waals surface area (Å²) in [7, 11) is 0. The van der Waals surface area contributed by atoms with E-state index in [9.17, 15) is 9.59 Å². The topological polar surface area (TPSA) is 101 Å². The van der Waals surface area contributed by atoms with E-state index in [0.29, 0.717) is 39.4 Å². The van der Waals surface area contributed by atoms with Gasteiger partial charge in [-0.3, -0.25) is 9.59 Å². The Morgan fingerprint density at radius 1 is 0.900 bits per heavy atom. The molecule has 0 radical (unpaired) electrons. The molecule has 2 aliphatic heterocycles. The number of carbonyl (C=O) groups excluding carboxylic acids is 2. The molecule has 0 aliphatic carbocycles. The van der Waals surface area contributed by atoms with Crippen LogP contribution in [0.3, 0.4) is 0 Å². The van der Waals surface area contributed by atoms with Crippen LogP contribution in [0.4, 0.5) is 0 Å². The molecular weight excluding hydrogens is 264 g/mol. The molecule has 0 fully saturated rings. The first-order chi connectivity index (χ1) is 9.77. The van der Waals surface area contributed by atoms with Crippen LogP contribution in [-0.4, -0.2) is 63.0 Å². The lowest BCUT2D eigenvalue weighted by Crippen LogP contribution is -2.42. The largest absolute Gasteiger partial charge is 0.474 e. The lowest BCUT2D eigenvalue weighted by Gasteiger charge is -2.14. The second-order valence-electron chi connectivity index (χ2n) is 4.29. The van der Waals surface area contributed by atoms with Gasteiger partial charge >= 0.3 is 11.8 Å². The summed E-state index contributed by atoms with van der Waals surface area (Å²) < 4.78 is 10.2. The van der Waals surface area contributed by atoms with Gasteiger partial charge < -0.3 is 20.1 Å². The van der Waals surface area contributed by atoms with Gasteiger partial charge in [0.25, 0.3) is 11.8 Å². The quantitative estimate of drug-likeness (QED) is 0.622. The Balaban J connectivity index is 1.63. The summed E-state index contributed by atoms with van der Waals surface area (Å²) in [6.07, 6.45) is 1.66. The van der Waals surface area contributed by atoms with Crippen molar-refractivity contribution in [2.24, 2.45) is 9.98 Å². The van der Waals surface area contributed by atoms with E-state index >= 15 is 0 Å². The average molecular weight is 282 g/mol. The molecule has 2 rings (SSSR count). The molecule has 0 bridgehead atoms. The van der Waals surface area contributed by atoms with Crippen LogP contribution in [0.25, 0.3) is 0 Å². The van der Waals surface area contributed by atoms with Crippen LogP contribution < -0.4 is 10.6 Å². The monoisotopic (exact) mass is 282 g/mol. The van der Waals surface area contributed by atoms with Gasteiger partial charge in [0.15, 0.2) is 0 Å². The van der Waals surface area contributed by atoms with Gasteiger partial charge in [0.1, 0.15) is 0 Å². The van der Waals surface area contributed by atoms with Crippen LogP contribution in [0.15, 0.2) is 9.98 Å². The number of hydrogen-bond donors (Lipinski definition) is 2. The van der Waals surface area contributed by atoms with Crippen LogP contribution in [0.5, 0.6) is 0 Å². The molecule has 0 saturated carbocycles. The molecule has 2 aliphatic rings. The highest BCUT2D eigenvalue weighted by Gasteiger charge is 2.17. The minimum absolute atomic E-state index is 0.113. The highest BCUT2D eigenvalue weighted by molar-refractivity contribution is 6.35. The van der Waals surface area contributed by atoms with E-state index in [4.69, 9.17) is 9.47 Å². The number of hydrogen-bond acceptors (Lipinski definition) is 6. The fourth-order valence-electron chi connectivity index (χ4n) is 1.70. The minimum Gasteiger partial charge on any atom is -0.474 e. The molecule has 0 spiro atoms. The maximum atomic E-state index is 11.6. The Morgan fingerprint density at radius 3 is 1.70 bits per heavy atom. The van der Waals surface area contributed by atoms with Gasteiger partial charge in [-0.1, -0.05) is 0 Å². The fourth-order valence-corrected chi connectivity index (χ4v) is 1.70. The minimum atomic E-state index is -0.356. The standard InChI is InChI=1S/C12H18N4O4/c17-9(11-15-3-1-7-19-11)13-5-6-14-10(18)12-16-4-2-8-20-12/h1-8H2,(H,13,17)(H,14,18). The molecule has 2 amide bonds. The molecule has 8 nitrogen and oxygen atoms in total. The molecule has 0 unspecified atom stereocenters. The third-order valence-electron chi connectivity index (χ3n) is 2.68. The van der Waals surface area contributed by atoms with Gasteiger partial charge in [-0.2, -0.15) is 0 Å². The first-order valence-electron chi connectivity index (χ1n) is 6.68. The van der Waals surface area contributed by atoms with Crippen LogP contribution in [-0.2, 0) is 19.1 Å². The maximum Gasteiger partial charge on any atom is 0.306 e.